The van der Waals surface area contributed by atoms with Gasteiger partial charge in [0.1, 0.15) is 12.0 Å². The number of nitrogens with one attached hydrogen (secondary N) is 2. The summed E-state index contributed by atoms with van der Waals surface area (Å²) in [6.45, 7) is 5.13. The van der Waals surface area contributed by atoms with Crippen LogP contribution in [0.4, 0.5) is 17.3 Å². The summed E-state index contributed by atoms with van der Waals surface area (Å²) in [6.07, 6.45) is 1.47. The van der Waals surface area contributed by atoms with Crippen molar-refractivity contribution < 1.29 is 9.47 Å². The topological polar surface area (TPSA) is 94.3 Å². The minimum absolute atomic E-state index is 0.117. The van der Waals surface area contributed by atoms with Gasteiger partial charge in [-0.05, 0) is 13.8 Å². The van der Waals surface area contributed by atoms with Gasteiger partial charge in [0.2, 0.25) is 0 Å². The molecule has 1 aromatic rings. The van der Waals surface area contributed by atoms with Crippen molar-refractivity contribution in [3.8, 4) is 0 Å². The summed E-state index contributed by atoms with van der Waals surface area (Å²) in [4.78, 5) is 8.28. The van der Waals surface area contributed by atoms with E-state index >= 15 is 0 Å². The van der Waals surface area contributed by atoms with E-state index in [1.165, 1.54) is 6.33 Å². The zero-order chi connectivity index (χ0) is 14.3. The Labute approximate surface area is 113 Å². The third-order valence-corrected chi connectivity index (χ3v) is 2.48. The SMILES string of the molecule is COCC(C)Nc1ncnc(NC(C)COC)c1N. The van der Waals surface area contributed by atoms with Gasteiger partial charge < -0.3 is 25.8 Å². The van der Waals surface area contributed by atoms with E-state index in [0.29, 0.717) is 30.5 Å². The van der Waals surface area contributed by atoms with Crippen LogP contribution in [0, 0.1) is 0 Å². The zero-order valence-electron chi connectivity index (χ0n) is 11.9. The average Bonchev–Trinajstić information content (AvgIpc) is 2.35. The molecule has 108 valence electrons. The Morgan fingerprint density at radius 2 is 1.47 bits per heavy atom. The Morgan fingerprint density at radius 3 is 1.84 bits per heavy atom. The molecule has 1 rings (SSSR count). The van der Waals surface area contributed by atoms with Gasteiger partial charge in [0.15, 0.2) is 11.6 Å². The van der Waals surface area contributed by atoms with Gasteiger partial charge >= 0.3 is 0 Å². The van der Waals surface area contributed by atoms with Crippen LogP contribution < -0.4 is 16.4 Å². The van der Waals surface area contributed by atoms with Crippen LogP contribution in [0.2, 0.25) is 0 Å². The molecule has 0 saturated carbocycles. The molecule has 2 atom stereocenters. The maximum Gasteiger partial charge on any atom is 0.155 e. The zero-order valence-corrected chi connectivity index (χ0v) is 11.9. The third-order valence-electron chi connectivity index (χ3n) is 2.48. The molecule has 0 fully saturated rings. The number of hydrogen-bond acceptors (Lipinski definition) is 7. The smallest absolute Gasteiger partial charge is 0.155 e. The van der Waals surface area contributed by atoms with Crippen LogP contribution in [-0.2, 0) is 9.47 Å². The maximum atomic E-state index is 6.04. The fourth-order valence-corrected chi connectivity index (χ4v) is 1.68. The monoisotopic (exact) mass is 269 g/mol. The molecule has 0 aliphatic carbocycles. The lowest BCUT2D eigenvalue weighted by atomic mass is 10.3. The second kappa shape index (κ2) is 7.75. The van der Waals surface area contributed by atoms with Crippen molar-refractivity contribution in [3.63, 3.8) is 0 Å². The number of methoxy groups -OCH3 is 2. The summed E-state index contributed by atoms with van der Waals surface area (Å²) >= 11 is 0. The summed E-state index contributed by atoms with van der Waals surface area (Å²) < 4.78 is 10.1. The van der Waals surface area contributed by atoms with Crippen molar-refractivity contribution in [1.82, 2.24) is 9.97 Å². The highest BCUT2D eigenvalue weighted by molar-refractivity contribution is 5.74. The van der Waals surface area contributed by atoms with E-state index in [1.807, 2.05) is 13.8 Å². The first-order chi connectivity index (χ1) is 9.08. The Bertz CT molecular complexity index is 356. The lowest BCUT2D eigenvalue weighted by molar-refractivity contribution is 0.190. The molecule has 7 nitrogen and oxygen atoms in total. The van der Waals surface area contributed by atoms with E-state index in [9.17, 15) is 0 Å². The molecular weight excluding hydrogens is 246 g/mol. The van der Waals surface area contributed by atoms with Gasteiger partial charge in [-0.25, -0.2) is 9.97 Å². The molecular formula is C12H23N5O2. The molecule has 19 heavy (non-hydrogen) atoms. The average molecular weight is 269 g/mol. The minimum atomic E-state index is 0.117. The van der Waals surface area contributed by atoms with Gasteiger partial charge in [0, 0.05) is 26.3 Å². The minimum Gasteiger partial charge on any atom is -0.393 e. The molecule has 0 aliphatic heterocycles. The van der Waals surface area contributed by atoms with Crippen molar-refractivity contribution in [2.75, 3.05) is 43.8 Å². The lowest BCUT2D eigenvalue weighted by Gasteiger charge is -2.18. The molecule has 0 aromatic carbocycles. The molecule has 0 spiro atoms. The van der Waals surface area contributed by atoms with E-state index in [0.717, 1.165) is 0 Å². The van der Waals surface area contributed by atoms with E-state index in [-0.39, 0.29) is 12.1 Å². The highest BCUT2D eigenvalue weighted by atomic mass is 16.5. The fourth-order valence-electron chi connectivity index (χ4n) is 1.68. The van der Waals surface area contributed by atoms with Gasteiger partial charge in [0.25, 0.3) is 0 Å². The van der Waals surface area contributed by atoms with Gasteiger partial charge in [0.05, 0.1) is 13.2 Å². The highest BCUT2D eigenvalue weighted by Crippen LogP contribution is 2.23. The molecule has 0 bridgehead atoms. The number of anilines is 3. The van der Waals surface area contributed by atoms with Crippen LogP contribution in [-0.4, -0.2) is 49.5 Å². The van der Waals surface area contributed by atoms with Crippen LogP contribution in [0.25, 0.3) is 0 Å². The van der Waals surface area contributed by atoms with Crippen LogP contribution in [0.5, 0.6) is 0 Å². The number of ether oxygens (including phenoxy) is 2. The third kappa shape index (κ3) is 4.88. The first kappa shape index (κ1) is 15.5. The number of nitrogens with zero attached hydrogens (tertiary/aromatic N) is 2. The Kier molecular flexibility index (Phi) is 6.31. The van der Waals surface area contributed by atoms with E-state index < -0.39 is 0 Å². The maximum absolute atomic E-state index is 6.04. The molecule has 0 amide bonds. The molecule has 0 aliphatic rings. The predicted octanol–water partition coefficient (Wildman–Crippen LogP) is 0.952. The van der Waals surface area contributed by atoms with Crippen molar-refractivity contribution in [3.05, 3.63) is 6.33 Å². The lowest BCUT2D eigenvalue weighted by Crippen LogP contribution is -2.25. The quantitative estimate of drug-likeness (QED) is 0.647. The molecule has 1 heterocycles. The van der Waals surface area contributed by atoms with Crippen molar-refractivity contribution in [2.24, 2.45) is 0 Å². The fraction of sp³-hybridized carbons (Fsp3) is 0.667. The standard InChI is InChI=1S/C12H23N5O2/c1-8(5-18-3)16-11-10(13)12(15-7-14-11)17-9(2)6-19-4/h7-9H,5-6,13H2,1-4H3,(H2,14,15,16,17). The van der Waals surface area contributed by atoms with Gasteiger partial charge in [-0.3, -0.25) is 0 Å². The normalized spacial score (nSPS) is 13.9. The molecule has 1 aromatic heterocycles. The van der Waals surface area contributed by atoms with E-state index in [4.69, 9.17) is 15.2 Å². The molecule has 0 saturated heterocycles. The van der Waals surface area contributed by atoms with Crippen LogP contribution in [0.1, 0.15) is 13.8 Å². The van der Waals surface area contributed by atoms with Gasteiger partial charge in [-0.2, -0.15) is 0 Å². The Hall–Kier alpha value is -1.60. The molecule has 2 unspecified atom stereocenters. The molecule has 7 heteroatoms. The first-order valence-corrected chi connectivity index (χ1v) is 6.19. The largest absolute Gasteiger partial charge is 0.393 e. The summed E-state index contributed by atoms with van der Waals surface area (Å²) in [5.74, 6) is 1.21. The van der Waals surface area contributed by atoms with Crippen molar-refractivity contribution in [1.29, 1.82) is 0 Å². The molecule has 4 N–H and O–H groups in total. The van der Waals surface area contributed by atoms with E-state index in [1.54, 1.807) is 14.2 Å². The Balaban J connectivity index is 2.74. The van der Waals surface area contributed by atoms with E-state index in [2.05, 4.69) is 20.6 Å². The number of nitrogen functional groups attached to an aromatic ring is 1. The second-order valence-electron chi connectivity index (χ2n) is 4.49. The summed E-state index contributed by atoms with van der Waals surface area (Å²) in [5.41, 5.74) is 6.53. The van der Waals surface area contributed by atoms with Crippen LogP contribution in [0.15, 0.2) is 6.33 Å². The summed E-state index contributed by atoms with van der Waals surface area (Å²) in [5, 5.41) is 6.37. The summed E-state index contributed by atoms with van der Waals surface area (Å²) in [6, 6.07) is 0.234. The predicted molar refractivity (Wildman–Crippen MR) is 76.4 cm³/mol. The van der Waals surface area contributed by atoms with Crippen molar-refractivity contribution >= 4 is 17.3 Å². The molecule has 0 radical (unpaired) electrons. The van der Waals surface area contributed by atoms with Gasteiger partial charge in [-0.1, -0.05) is 0 Å². The number of hydrogen-bond donors (Lipinski definition) is 3. The number of rotatable bonds is 8. The van der Waals surface area contributed by atoms with Crippen molar-refractivity contribution in [2.45, 2.75) is 25.9 Å². The van der Waals surface area contributed by atoms with Gasteiger partial charge in [-0.15, -0.1) is 0 Å². The first-order valence-electron chi connectivity index (χ1n) is 6.19. The van der Waals surface area contributed by atoms with Crippen LogP contribution >= 0.6 is 0 Å². The Morgan fingerprint density at radius 1 is 1.05 bits per heavy atom. The highest BCUT2D eigenvalue weighted by Gasteiger charge is 2.12. The number of nitrogens with two attached hydrogens (primary N) is 1. The summed E-state index contributed by atoms with van der Waals surface area (Å²) in [7, 11) is 3.31. The van der Waals surface area contributed by atoms with Crippen LogP contribution in [0.3, 0.4) is 0 Å². The number of aromatic nitrogens is 2. The second-order valence-corrected chi connectivity index (χ2v) is 4.49.